The summed E-state index contributed by atoms with van der Waals surface area (Å²) in [7, 11) is 1.79. The minimum atomic E-state index is 0.556. The van der Waals surface area contributed by atoms with Crippen LogP contribution in [-0.4, -0.2) is 36.8 Å². The fraction of sp³-hybridized carbons (Fsp3) is 1.00. The molecular formula is C11H23NOS. The molecule has 3 unspecified atom stereocenters. The molecule has 3 atom stereocenters. The van der Waals surface area contributed by atoms with Crippen molar-refractivity contribution in [3.8, 4) is 0 Å². The van der Waals surface area contributed by atoms with Crippen molar-refractivity contribution in [2.24, 2.45) is 0 Å². The van der Waals surface area contributed by atoms with Crippen molar-refractivity contribution in [2.45, 2.75) is 50.4 Å². The highest BCUT2D eigenvalue weighted by molar-refractivity contribution is 8.00. The van der Waals surface area contributed by atoms with Gasteiger partial charge in [0.25, 0.3) is 0 Å². The smallest absolute Gasteiger partial charge is 0.0615 e. The van der Waals surface area contributed by atoms with E-state index in [1.165, 1.54) is 25.0 Å². The number of ether oxygens (including phenoxy) is 1. The molecule has 1 saturated heterocycles. The third kappa shape index (κ3) is 4.20. The Bertz CT molecular complexity index is 148. The molecule has 0 spiro atoms. The van der Waals surface area contributed by atoms with E-state index in [0.717, 1.165) is 11.9 Å². The third-order valence-corrected chi connectivity index (χ3v) is 4.03. The zero-order chi connectivity index (χ0) is 10.4. The first-order valence-electron chi connectivity index (χ1n) is 5.62. The SMILES string of the molecule is CCCC(COC)NC1CSC(C)C1. The van der Waals surface area contributed by atoms with E-state index in [9.17, 15) is 0 Å². The second kappa shape index (κ2) is 6.70. The van der Waals surface area contributed by atoms with E-state index in [0.29, 0.717) is 12.1 Å². The van der Waals surface area contributed by atoms with Gasteiger partial charge in [-0.25, -0.2) is 0 Å². The summed E-state index contributed by atoms with van der Waals surface area (Å²) in [5.41, 5.74) is 0. The van der Waals surface area contributed by atoms with Crippen LogP contribution in [0.1, 0.15) is 33.1 Å². The molecule has 1 aliphatic heterocycles. The fourth-order valence-corrected chi connectivity index (χ4v) is 3.19. The molecular weight excluding hydrogens is 194 g/mol. The maximum absolute atomic E-state index is 5.22. The zero-order valence-electron chi connectivity index (χ0n) is 9.58. The molecule has 3 heteroatoms. The monoisotopic (exact) mass is 217 g/mol. The van der Waals surface area contributed by atoms with Crippen LogP contribution >= 0.6 is 11.8 Å². The summed E-state index contributed by atoms with van der Waals surface area (Å²) in [6.07, 6.45) is 3.77. The lowest BCUT2D eigenvalue weighted by molar-refractivity contribution is 0.157. The summed E-state index contributed by atoms with van der Waals surface area (Å²) < 4.78 is 5.22. The fourth-order valence-electron chi connectivity index (χ4n) is 2.03. The molecule has 0 bridgehead atoms. The van der Waals surface area contributed by atoms with Gasteiger partial charge in [0.05, 0.1) is 6.61 Å². The van der Waals surface area contributed by atoms with Gasteiger partial charge in [0.2, 0.25) is 0 Å². The van der Waals surface area contributed by atoms with Crippen LogP contribution in [0.25, 0.3) is 0 Å². The number of methoxy groups -OCH3 is 1. The van der Waals surface area contributed by atoms with Crippen LogP contribution in [0.4, 0.5) is 0 Å². The van der Waals surface area contributed by atoms with E-state index in [2.05, 4.69) is 30.9 Å². The van der Waals surface area contributed by atoms with Gasteiger partial charge in [-0.1, -0.05) is 20.3 Å². The van der Waals surface area contributed by atoms with Crippen molar-refractivity contribution in [1.29, 1.82) is 0 Å². The molecule has 84 valence electrons. The van der Waals surface area contributed by atoms with Crippen molar-refractivity contribution in [2.75, 3.05) is 19.5 Å². The molecule has 0 amide bonds. The topological polar surface area (TPSA) is 21.3 Å². The second-order valence-electron chi connectivity index (χ2n) is 4.18. The molecule has 14 heavy (non-hydrogen) atoms. The molecule has 0 aromatic rings. The molecule has 1 heterocycles. The Morgan fingerprint density at radius 2 is 2.36 bits per heavy atom. The molecule has 1 N–H and O–H groups in total. The zero-order valence-corrected chi connectivity index (χ0v) is 10.4. The Hall–Kier alpha value is 0.270. The summed E-state index contributed by atoms with van der Waals surface area (Å²) in [4.78, 5) is 0. The van der Waals surface area contributed by atoms with E-state index in [4.69, 9.17) is 4.74 Å². The molecule has 0 aliphatic carbocycles. The van der Waals surface area contributed by atoms with Gasteiger partial charge in [0.15, 0.2) is 0 Å². The lowest BCUT2D eigenvalue weighted by Crippen LogP contribution is -2.41. The van der Waals surface area contributed by atoms with Crippen LogP contribution in [0.2, 0.25) is 0 Å². The van der Waals surface area contributed by atoms with Gasteiger partial charge in [-0.2, -0.15) is 11.8 Å². The van der Waals surface area contributed by atoms with Gasteiger partial charge in [0, 0.05) is 30.2 Å². The van der Waals surface area contributed by atoms with Gasteiger partial charge >= 0.3 is 0 Å². The lowest BCUT2D eigenvalue weighted by Gasteiger charge is -2.21. The minimum Gasteiger partial charge on any atom is -0.383 e. The largest absolute Gasteiger partial charge is 0.383 e. The number of hydrogen-bond donors (Lipinski definition) is 1. The highest BCUT2D eigenvalue weighted by Gasteiger charge is 2.23. The van der Waals surface area contributed by atoms with Crippen LogP contribution in [0.3, 0.4) is 0 Å². The van der Waals surface area contributed by atoms with Crippen molar-refractivity contribution < 1.29 is 4.74 Å². The predicted octanol–water partition coefficient (Wildman–Crippen LogP) is 2.29. The summed E-state index contributed by atoms with van der Waals surface area (Å²) in [5, 5.41) is 4.53. The molecule has 0 aromatic carbocycles. The maximum Gasteiger partial charge on any atom is 0.0615 e. The van der Waals surface area contributed by atoms with Crippen LogP contribution in [0, 0.1) is 0 Å². The predicted molar refractivity (Wildman–Crippen MR) is 64.0 cm³/mol. The number of hydrogen-bond acceptors (Lipinski definition) is 3. The Morgan fingerprint density at radius 1 is 1.57 bits per heavy atom. The van der Waals surface area contributed by atoms with Gasteiger partial charge < -0.3 is 10.1 Å². The van der Waals surface area contributed by atoms with Crippen LogP contribution in [0.15, 0.2) is 0 Å². The molecule has 0 saturated carbocycles. The minimum absolute atomic E-state index is 0.556. The number of nitrogens with one attached hydrogen (secondary N) is 1. The lowest BCUT2D eigenvalue weighted by atomic mass is 10.1. The van der Waals surface area contributed by atoms with Gasteiger partial charge in [-0.15, -0.1) is 0 Å². The summed E-state index contributed by atoms with van der Waals surface area (Å²) in [5.74, 6) is 1.27. The normalized spacial score (nSPS) is 29.4. The average molecular weight is 217 g/mol. The van der Waals surface area contributed by atoms with E-state index < -0.39 is 0 Å². The van der Waals surface area contributed by atoms with Gasteiger partial charge in [-0.05, 0) is 12.8 Å². The number of rotatable bonds is 6. The average Bonchev–Trinajstić information content (AvgIpc) is 2.52. The van der Waals surface area contributed by atoms with Gasteiger partial charge in [0.1, 0.15) is 0 Å². The quantitative estimate of drug-likeness (QED) is 0.737. The molecule has 1 fully saturated rings. The Labute approximate surface area is 92.2 Å². The van der Waals surface area contributed by atoms with Crippen molar-refractivity contribution in [1.82, 2.24) is 5.32 Å². The first-order valence-corrected chi connectivity index (χ1v) is 6.67. The first-order chi connectivity index (χ1) is 6.76. The molecule has 0 aromatic heterocycles. The van der Waals surface area contributed by atoms with Crippen LogP contribution < -0.4 is 5.32 Å². The summed E-state index contributed by atoms with van der Waals surface area (Å²) >= 11 is 2.08. The maximum atomic E-state index is 5.22. The molecule has 2 nitrogen and oxygen atoms in total. The van der Waals surface area contributed by atoms with Crippen LogP contribution in [-0.2, 0) is 4.74 Å². The molecule has 0 radical (unpaired) electrons. The van der Waals surface area contributed by atoms with E-state index in [-0.39, 0.29) is 0 Å². The number of thioether (sulfide) groups is 1. The molecule has 1 rings (SSSR count). The summed E-state index contributed by atoms with van der Waals surface area (Å²) in [6.45, 7) is 5.40. The first kappa shape index (κ1) is 12.3. The third-order valence-electron chi connectivity index (χ3n) is 2.67. The Morgan fingerprint density at radius 3 is 2.86 bits per heavy atom. The standard InChI is InChI=1S/C11H23NOS/c1-4-5-10(7-13-3)12-11-6-9(2)14-8-11/h9-12H,4-8H2,1-3H3. The Balaban J connectivity index is 2.24. The van der Waals surface area contributed by atoms with Crippen molar-refractivity contribution >= 4 is 11.8 Å². The highest BCUT2D eigenvalue weighted by atomic mass is 32.2. The summed E-state index contributed by atoms with van der Waals surface area (Å²) in [6, 6.07) is 1.27. The molecule has 1 aliphatic rings. The van der Waals surface area contributed by atoms with E-state index in [1.54, 1.807) is 7.11 Å². The van der Waals surface area contributed by atoms with Crippen molar-refractivity contribution in [3.05, 3.63) is 0 Å². The highest BCUT2D eigenvalue weighted by Crippen LogP contribution is 2.26. The van der Waals surface area contributed by atoms with Crippen molar-refractivity contribution in [3.63, 3.8) is 0 Å². The Kier molecular flexibility index (Phi) is 5.90. The van der Waals surface area contributed by atoms with Crippen LogP contribution in [0.5, 0.6) is 0 Å². The van der Waals surface area contributed by atoms with E-state index >= 15 is 0 Å². The second-order valence-corrected chi connectivity index (χ2v) is 5.66. The van der Waals surface area contributed by atoms with Gasteiger partial charge in [-0.3, -0.25) is 0 Å². The van der Waals surface area contributed by atoms with E-state index in [1.807, 2.05) is 0 Å².